The van der Waals surface area contributed by atoms with Gasteiger partial charge in [-0.25, -0.2) is 14.8 Å². The van der Waals surface area contributed by atoms with Crippen molar-refractivity contribution in [2.45, 2.75) is 82.3 Å². The maximum atomic E-state index is 13.7. The molecule has 16 heteroatoms. The number of fused-ring (bicyclic) bond motifs is 1. The van der Waals surface area contributed by atoms with Gasteiger partial charge in [0.2, 0.25) is 18.2 Å². The largest absolute Gasteiger partial charge is 0.453 e. The van der Waals surface area contributed by atoms with Gasteiger partial charge in [0.1, 0.15) is 23.7 Å². The Labute approximate surface area is 325 Å². The Morgan fingerprint density at radius 1 is 0.821 bits per heavy atom. The number of rotatable bonds is 13. The molecule has 298 valence electrons. The van der Waals surface area contributed by atoms with Crippen LogP contribution in [-0.4, -0.2) is 125 Å². The van der Waals surface area contributed by atoms with Crippen molar-refractivity contribution in [1.82, 2.24) is 40.4 Å². The van der Waals surface area contributed by atoms with Crippen molar-refractivity contribution in [1.29, 1.82) is 0 Å². The van der Waals surface area contributed by atoms with E-state index in [0.29, 0.717) is 24.7 Å². The second-order valence-corrected chi connectivity index (χ2v) is 14.0. The molecule has 0 aliphatic carbocycles. The molecule has 7 atom stereocenters. The number of aliphatic hydroxyl groups excluding tert-OH is 1. The highest BCUT2D eigenvalue weighted by Crippen LogP contribution is 2.34. The Bertz CT molecular complexity index is 2060. The molecule has 56 heavy (non-hydrogen) atoms. The minimum Gasteiger partial charge on any atom is -0.453 e. The van der Waals surface area contributed by atoms with Crippen LogP contribution in [0.25, 0.3) is 22.3 Å². The fraction of sp³-hybridized carbons (Fsp3) is 0.475. The van der Waals surface area contributed by atoms with Gasteiger partial charge in [-0.15, -0.1) is 0 Å². The predicted molar refractivity (Wildman–Crippen MR) is 206 cm³/mol. The number of alkyl carbamates (subject to hydrolysis) is 1. The molecule has 3 amide bonds. The summed E-state index contributed by atoms with van der Waals surface area (Å²) < 4.78 is 20.5. The van der Waals surface area contributed by atoms with E-state index in [1.165, 1.54) is 28.4 Å². The summed E-state index contributed by atoms with van der Waals surface area (Å²) in [6.45, 7) is 4.58. The SMILES string of the molecule is COC(=O)NC(C(=O)N1CCCC1c1ncc(-c2ccc(C#Cc3ccc4nc(C5CCCN5C(=O)C(NC(O)OC)C(C)OC)[nH]c4c3)cc2)[nH]1)C(C)OC. The van der Waals surface area contributed by atoms with E-state index in [0.717, 1.165) is 59.1 Å². The van der Waals surface area contributed by atoms with Gasteiger partial charge in [-0.1, -0.05) is 24.0 Å². The van der Waals surface area contributed by atoms with Crippen molar-refractivity contribution < 1.29 is 38.4 Å². The molecular formula is C40H50N8O8. The smallest absolute Gasteiger partial charge is 0.407 e. The van der Waals surface area contributed by atoms with Crippen molar-refractivity contribution in [3.63, 3.8) is 0 Å². The number of imidazole rings is 2. The monoisotopic (exact) mass is 770 g/mol. The number of ether oxygens (including phenoxy) is 4. The number of hydrogen-bond donors (Lipinski definition) is 5. The van der Waals surface area contributed by atoms with Crippen molar-refractivity contribution in [3.8, 4) is 23.1 Å². The third-order valence-electron chi connectivity index (χ3n) is 10.6. The summed E-state index contributed by atoms with van der Waals surface area (Å²) in [6, 6.07) is 11.4. The lowest BCUT2D eigenvalue weighted by Crippen LogP contribution is -2.55. The number of benzene rings is 2. The fourth-order valence-electron chi connectivity index (χ4n) is 7.25. The summed E-state index contributed by atoms with van der Waals surface area (Å²) in [5.74, 6) is 7.40. The maximum Gasteiger partial charge on any atom is 0.407 e. The number of H-pyrrole nitrogens is 2. The average molecular weight is 771 g/mol. The van der Waals surface area contributed by atoms with E-state index in [4.69, 9.17) is 23.9 Å². The first-order valence-electron chi connectivity index (χ1n) is 18.7. The molecule has 0 bridgehead atoms. The molecule has 2 saturated heterocycles. The Hall–Kier alpha value is -5.31. The standard InChI is InChI=1S/C40H50N8O8/c1-23(53-3)33(45-39(51)55-5)37(49)47-19-7-9-31(47)35-41-22-30(44-35)27-16-13-25(14-17-27)11-12-26-15-18-28-29(21-26)43-36(42-28)32-10-8-20-48(32)38(50)34(24(2)54-4)46-40(52)56-6/h13-18,21-24,31-34,40,46,52H,7-10,19-20H2,1-6H3,(H,41,44)(H,42,43)(H,45,51). The predicted octanol–water partition coefficient (Wildman–Crippen LogP) is 3.35. The van der Waals surface area contributed by atoms with Crippen LogP contribution in [0.4, 0.5) is 4.79 Å². The number of nitrogens with zero attached hydrogens (tertiary/aromatic N) is 4. The van der Waals surface area contributed by atoms with E-state index in [1.54, 1.807) is 29.8 Å². The van der Waals surface area contributed by atoms with Gasteiger partial charge < -0.3 is 49.1 Å². The van der Waals surface area contributed by atoms with Crippen molar-refractivity contribution in [2.24, 2.45) is 0 Å². The van der Waals surface area contributed by atoms with Gasteiger partial charge in [-0.3, -0.25) is 14.9 Å². The van der Waals surface area contributed by atoms with Crippen LogP contribution in [0.2, 0.25) is 0 Å². The number of amides is 3. The molecule has 2 aliphatic heterocycles. The number of nitrogens with one attached hydrogen (secondary N) is 4. The van der Waals surface area contributed by atoms with E-state index in [9.17, 15) is 19.5 Å². The van der Waals surface area contributed by atoms with Crippen LogP contribution in [-0.2, 0) is 28.5 Å². The second kappa shape index (κ2) is 18.1. The Kier molecular flexibility index (Phi) is 13.0. The second-order valence-electron chi connectivity index (χ2n) is 14.0. The lowest BCUT2D eigenvalue weighted by atomic mass is 10.1. The van der Waals surface area contributed by atoms with Crippen LogP contribution in [0.5, 0.6) is 0 Å². The lowest BCUT2D eigenvalue weighted by molar-refractivity contribution is -0.148. The maximum absolute atomic E-state index is 13.7. The zero-order chi connectivity index (χ0) is 39.9. The summed E-state index contributed by atoms with van der Waals surface area (Å²) in [7, 11) is 5.62. The van der Waals surface area contributed by atoms with Crippen LogP contribution in [0.15, 0.2) is 48.7 Å². The zero-order valence-electron chi connectivity index (χ0n) is 32.5. The number of aliphatic hydroxyl groups is 1. The Morgan fingerprint density at radius 2 is 1.43 bits per heavy atom. The van der Waals surface area contributed by atoms with E-state index in [1.807, 2.05) is 42.5 Å². The van der Waals surface area contributed by atoms with E-state index in [2.05, 4.69) is 37.4 Å². The molecule has 2 aliphatic rings. The zero-order valence-corrected chi connectivity index (χ0v) is 32.5. The molecule has 4 heterocycles. The summed E-state index contributed by atoms with van der Waals surface area (Å²) in [6.07, 6.45) is 1.79. The molecule has 5 N–H and O–H groups in total. The quantitative estimate of drug-likeness (QED) is 0.0988. The summed E-state index contributed by atoms with van der Waals surface area (Å²) in [5, 5.41) is 15.5. The highest BCUT2D eigenvalue weighted by molar-refractivity contribution is 5.87. The molecule has 2 aromatic carbocycles. The summed E-state index contributed by atoms with van der Waals surface area (Å²) in [5.41, 5.74) is 4.95. The van der Waals surface area contributed by atoms with E-state index >= 15 is 0 Å². The normalized spacial score (nSPS) is 19.6. The third kappa shape index (κ3) is 8.88. The fourth-order valence-corrected chi connectivity index (χ4v) is 7.25. The first-order chi connectivity index (χ1) is 27.0. The van der Waals surface area contributed by atoms with Crippen molar-refractivity contribution in [2.75, 3.05) is 41.5 Å². The van der Waals surface area contributed by atoms with Gasteiger partial charge in [0, 0.05) is 45.5 Å². The topological polar surface area (TPSA) is 196 Å². The van der Waals surface area contributed by atoms with Crippen LogP contribution in [0.1, 0.15) is 74.4 Å². The van der Waals surface area contributed by atoms with Crippen molar-refractivity contribution in [3.05, 3.63) is 71.4 Å². The number of aromatic amines is 2. The van der Waals surface area contributed by atoms with Gasteiger partial charge in [0.05, 0.1) is 54.3 Å². The van der Waals surface area contributed by atoms with Crippen molar-refractivity contribution >= 4 is 28.9 Å². The molecule has 7 unspecified atom stereocenters. The molecule has 0 saturated carbocycles. The number of carbonyl (C=O) groups excluding carboxylic acids is 3. The first-order valence-corrected chi connectivity index (χ1v) is 18.7. The van der Waals surface area contributed by atoms with Crippen LogP contribution >= 0.6 is 0 Å². The highest BCUT2D eigenvalue weighted by Gasteiger charge is 2.40. The number of aromatic nitrogens is 4. The Balaban J connectivity index is 1.12. The third-order valence-corrected chi connectivity index (χ3v) is 10.6. The molecule has 0 radical (unpaired) electrons. The number of hydrogen-bond acceptors (Lipinski definition) is 11. The Morgan fingerprint density at radius 3 is 2.07 bits per heavy atom. The van der Waals surface area contributed by atoms with Gasteiger partial charge in [-0.2, -0.15) is 0 Å². The molecule has 0 spiro atoms. The lowest BCUT2D eigenvalue weighted by Gasteiger charge is -2.31. The number of methoxy groups -OCH3 is 4. The van der Waals surface area contributed by atoms with Gasteiger partial charge in [0.15, 0.2) is 0 Å². The van der Waals surface area contributed by atoms with Gasteiger partial charge >= 0.3 is 6.09 Å². The average Bonchev–Trinajstić information content (AvgIpc) is 4.06. The van der Waals surface area contributed by atoms with Gasteiger partial charge in [-0.05, 0) is 75.4 Å². The number of carbonyl (C=O) groups is 3. The van der Waals surface area contributed by atoms with E-state index in [-0.39, 0.29) is 23.9 Å². The molecule has 6 rings (SSSR count). The number of likely N-dealkylation sites (tertiary alicyclic amines) is 2. The first kappa shape index (κ1) is 40.4. The van der Waals surface area contributed by atoms with Gasteiger partial charge in [0.25, 0.3) is 0 Å². The summed E-state index contributed by atoms with van der Waals surface area (Å²) >= 11 is 0. The molecule has 4 aromatic rings. The molecular weight excluding hydrogens is 720 g/mol. The highest BCUT2D eigenvalue weighted by atomic mass is 16.6. The van der Waals surface area contributed by atoms with Crippen LogP contribution < -0.4 is 10.6 Å². The molecule has 2 aromatic heterocycles. The minimum atomic E-state index is -1.31. The molecule has 16 nitrogen and oxygen atoms in total. The summed E-state index contributed by atoms with van der Waals surface area (Å²) in [4.78, 5) is 59.0. The van der Waals surface area contributed by atoms with Crippen LogP contribution in [0, 0.1) is 11.8 Å². The minimum absolute atomic E-state index is 0.200. The van der Waals surface area contributed by atoms with E-state index < -0.39 is 36.8 Å². The molecule has 2 fully saturated rings. The van der Waals surface area contributed by atoms with Crippen LogP contribution in [0.3, 0.4) is 0 Å².